The number of hydrogen-bond acceptors (Lipinski definition) is 5. The molecule has 0 spiro atoms. The van der Waals surface area contributed by atoms with E-state index in [1.807, 2.05) is 20.8 Å². The SMILES string of the molecule is CCC(C)[C@H](CC(=O)[C@@]1(NC(=O)[C@@H](CC(=O)Cc2ccccc2F)C(C)CC)CCc2[nH]c3c(C(F)(F)F)cccc3c2C1)C(=O)NCCCCP(=O)(O)O. The average molecular weight is 794 g/mol. The van der Waals surface area contributed by atoms with Crippen molar-refractivity contribution in [2.75, 3.05) is 12.7 Å². The number of ketones is 2. The fourth-order valence-corrected chi connectivity index (χ4v) is 8.11. The number of Topliss-reactive ketones (excluding diaryl/α,β-unsaturated/α-hetero) is 2. The molecule has 3 aromatic rings. The summed E-state index contributed by atoms with van der Waals surface area (Å²) in [6, 6.07) is 9.66. The molecule has 2 amide bonds. The first-order valence-electron chi connectivity index (χ1n) is 18.9. The predicted molar refractivity (Wildman–Crippen MR) is 201 cm³/mol. The van der Waals surface area contributed by atoms with Crippen LogP contribution in [-0.2, 0) is 49.2 Å². The van der Waals surface area contributed by atoms with Crippen LogP contribution in [-0.4, -0.2) is 56.4 Å². The summed E-state index contributed by atoms with van der Waals surface area (Å²) in [5.41, 5.74) is -1.47. The Morgan fingerprint density at radius 3 is 2.20 bits per heavy atom. The van der Waals surface area contributed by atoms with E-state index in [9.17, 15) is 41.3 Å². The van der Waals surface area contributed by atoms with Crippen molar-refractivity contribution in [2.45, 2.75) is 104 Å². The van der Waals surface area contributed by atoms with Crippen molar-refractivity contribution in [3.05, 3.63) is 70.7 Å². The first kappa shape index (κ1) is 43.9. The molecule has 2 unspecified atom stereocenters. The number of para-hydroxylation sites is 1. The number of amides is 2. The number of rotatable bonds is 19. The second-order valence-electron chi connectivity index (χ2n) is 15.1. The fraction of sp³-hybridized carbons (Fsp3) is 0.550. The van der Waals surface area contributed by atoms with E-state index in [2.05, 4.69) is 15.6 Å². The molecule has 302 valence electrons. The lowest BCUT2D eigenvalue weighted by molar-refractivity contribution is -0.139. The number of nitrogens with one attached hydrogen (secondary N) is 3. The maximum absolute atomic E-state index is 14.8. The zero-order valence-electron chi connectivity index (χ0n) is 31.7. The Kier molecular flexibility index (Phi) is 14.7. The topological polar surface area (TPSA) is 166 Å². The van der Waals surface area contributed by atoms with Crippen LogP contribution in [0.2, 0.25) is 0 Å². The Balaban J connectivity index is 1.68. The number of carbonyl (C=O) groups is 4. The lowest BCUT2D eigenvalue weighted by atomic mass is 9.72. The van der Waals surface area contributed by atoms with Gasteiger partial charge in [-0.2, -0.15) is 13.2 Å². The minimum Gasteiger partial charge on any atom is -0.358 e. The van der Waals surface area contributed by atoms with Gasteiger partial charge in [0.2, 0.25) is 11.8 Å². The third kappa shape index (κ3) is 11.1. The van der Waals surface area contributed by atoms with Crippen LogP contribution < -0.4 is 10.6 Å². The Hall–Kier alpha value is -3.87. The van der Waals surface area contributed by atoms with Gasteiger partial charge in [0.25, 0.3) is 0 Å². The zero-order chi connectivity index (χ0) is 40.7. The van der Waals surface area contributed by atoms with E-state index in [4.69, 9.17) is 9.79 Å². The van der Waals surface area contributed by atoms with Gasteiger partial charge < -0.3 is 25.4 Å². The van der Waals surface area contributed by atoms with Crippen LogP contribution in [0.25, 0.3) is 10.9 Å². The molecule has 5 atom stereocenters. The van der Waals surface area contributed by atoms with E-state index in [0.717, 1.165) is 6.07 Å². The Morgan fingerprint density at radius 1 is 0.927 bits per heavy atom. The van der Waals surface area contributed by atoms with Gasteiger partial charge in [-0.15, -0.1) is 0 Å². The maximum atomic E-state index is 14.8. The molecule has 0 fully saturated rings. The van der Waals surface area contributed by atoms with Crippen LogP contribution in [0.4, 0.5) is 17.6 Å². The molecular weight excluding hydrogens is 741 g/mol. The second-order valence-corrected chi connectivity index (χ2v) is 16.8. The lowest BCUT2D eigenvalue weighted by Gasteiger charge is -2.39. The minimum absolute atomic E-state index is 0.0202. The molecule has 1 heterocycles. The number of benzene rings is 2. The van der Waals surface area contributed by atoms with Crippen molar-refractivity contribution in [3.8, 4) is 0 Å². The number of aryl methyl sites for hydroxylation is 1. The molecule has 0 saturated carbocycles. The number of aromatic amines is 1. The summed E-state index contributed by atoms with van der Waals surface area (Å²) in [5, 5.41) is 6.03. The summed E-state index contributed by atoms with van der Waals surface area (Å²) in [5.74, 6) is -4.79. The number of fused-ring (bicyclic) bond motifs is 3. The fourth-order valence-electron chi connectivity index (χ4n) is 7.48. The van der Waals surface area contributed by atoms with Gasteiger partial charge in [-0.05, 0) is 60.8 Å². The Bertz CT molecular complexity index is 1910. The third-order valence-electron chi connectivity index (χ3n) is 11.2. The van der Waals surface area contributed by atoms with Crippen molar-refractivity contribution in [1.29, 1.82) is 0 Å². The molecular formula is C40H52F4N3O7P. The maximum Gasteiger partial charge on any atom is 0.418 e. The molecule has 15 heteroatoms. The minimum atomic E-state index is -4.65. The van der Waals surface area contributed by atoms with E-state index in [1.165, 1.54) is 30.3 Å². The summed E-state index contributed by atoms with van der Waals surface area (Å²) in [7, 11) is -4.19. The summed E-state index contributed by atoms with van der Waals surface area (Å²) in [6.45, 7) is 7.45. The quantitative estimate of drug-likeness (QED) is 0.0485. The Morgan fingerprint density at radius 2 is 1.58 bits per heavy atom. The van der Waals surface area contributed by atoms with E-state index >= 15 is 0 Å². The molecule has 0 aliphatic heterocycles. The predicted octanol–water partition coefficient (Wildman–Crippen LogP) is 7.23. The number of H-pyrrole nitrogens is 1. The molecule has 10 nitrogen and oxygen atoms in total. The van der Waals surface area contributed by atoms with E-state index in [1.54, 1.807) is 13.0 Å². The summed E-state index contributed by atoms with van der Waals surface area (Å²) >= 11 is 0. The zero-order valence-corrected chi connectivity index (χ0v) is 32.6. The van der Waals surface area contributed by atoms with Crippen molar-refractivity contribution >= 4 is 41.9 Å². The molecule has 5 N–H and O–H groups in total. The molecule has 0 saturated heterocycles. The van der Waals surface area contributed by atoms with Gasteiger partial charge in [0.1, 0.15) is 17.1 Å². The van der Waals surface area contributed by atoms with Crippen molar-refractivity contribution in [1.82, 2.24) is 15.6 Å². The highest BCUT2D eigenvalue weighted by atomic mass is 31.2. The van der Waals surface area contributed by atoms with Gasteiger partial charge in [-0.1, -0.05) is 70.9 Å². The van der Waals surface area contributed by atoms with Crippen LogP contribution >= 0.6 is 7.60 Å². The molecule has 0 radical (unpaired) electrons. The van der Waals surface area contributed by atoms with Gasteiger partial charge in [0.15, 0.2) is 5.78 Å². The summed E-state index contributed by atoms with van der Waals surface area (Å²) < 4.78 is 67.8. The van der Waals surface area contributed by atoms with Crippen LogP contribution in [0.3, 0.4) is 0 Å². The summed E-state index contributed by atoms with van der Waals surface area (Å²) in [4.78, 5) is 77.2. The first-order chi connectivity index (χ1) is 25.8. The van der Waals surface area contributed by atoms with Gasteiger partial charge in [-0.25, -0.2) is 4.39 Å². The second kappa shape index (κ2) is 18.4. The largest absolute Gasteiger partial charge is 0.418 e. The van der Waals surface area contributed by atoms with Gasteiger partial charge >= 0.3 is 13.8 Å². The standard InChI is InChI=1S/C40H52F4N3O7P/c1-5-24(3)29(21-27(48)20-26-12-7-8-15-33(26)41)38(51)47-39(17-16-34-31(23-39)28-13-11-14-32(36(28)46-34)40(42,43)44)35(49)22-30(25(4)6-2)37(50)45-18-9-10-19-55(52,53)54/h7-8,11-15,24-25,29-30,46H,5-6,9-10,16-23H2,1-4H3,(H,45,50)(H,47,51)(H2,52,53,54)/t24?,25?,29-,30-,39+/m0/s1. The van der Waals surface area contributed by atoms with Crippen molar-refractivity contribution in [2.24, 2.45) is 23.7 Å². The lowest BCUT2D eigenvalue weighted by Crippen LogP contribution is -2.60. The number of unbranched alkanes of at least 4 members (excludes halogenated alkanes) is 1. The van der Waals surface area contributed by atoms with E-state index in [-0.39, 0.29) is 91.7 Å². The van der Waals surface area contributed by atoms with Gasteiger partial charge in [-0.3, -0.25) is 23.7 Å². The molecule has 1 aliphatic carbocycles. The smallest absolute Gasteiger partial charge is 0.358 e. The number of aromatic nitrogens is 1. The molecule has 1 aliphatic rings. The molecule has 0 bridgehead atoms. The van der Waals surface area contributed by atoms with Gasteiger partial charge in [0.05, 0.1) is 11.1 Å². The average Bonchev–Trinajstić information content (AvgIpc) is 3.49. The molecule has 2 aromatic carbocycles. The number of halogens is 4. The van der Waals surface area contributed by atoms with E-state index in [0.29, 0.717) is 30.5 Å². The number of carbonyl (C=O) groups excluding carboxylic acids is 4. The van der Waals surface area contributed by atoms with E-state index < -0.39 is 60.1 Å². The number of hydrogen-bond donors (Lipinski definition) is 5. The molecule has 4 rings (SSSR count). The Labute approximate surface area is 318 Å². The first-order valence-corrected chi connectivity index (χ1v) is 20.7. The van der Waals surface area contributed by atoms with Crippen molar-refractivity contribution in [3.63, 3.8) is 0 Å². The highest BCUT2D eigenvalue weighted by molar-refractivity contribution is 7.51. The molecule has 1 aromatic heterocycles. The highest BCUT2D eigenvalue weighted by Gasteiger charge is 2.47. The molecule has 55 heavy (non-hydrogen) atoms. The van der Waals surface area contributed by atoms with Crippen molar-refractivity contribution < 1.29 is 51.1 Å². The van der Waals surface area contributed by atoms with Crippen LogP contribution in [0.1, 0.15) is 95.0 Å². The van der Waals surface area contributed by atoms with Crippen LogP contribution in [0, 0.1) is 29.5 Å². The highest BCUT2D eigenvalue weighted by Crippen LogP contribution is 2.41. The van der Waals surface area contributed by atoms with Crippen LogP contribution in [0.5, 0.6) is 0 Å². The monoisotopic (exact) mass is 793 g/mol. The van der Waals surface area contributed by atoms with Gasteiger partial charge in [0, 0.05) is 61.3 Å². The summed E-state index contributed by atoms with van der Waals surface area (Å²) in [6.07, 6.45) is -4.25. The number of alkyl halides is 3. The normalized spacial score (nSPS) is 18.2. The third-order valence-corrected chi connectivity index (χ3v) is 12.1. The van der Waals surface area contributed by atoms with Crippen LogP contribution in [0.15, 0.2) is 42.5 Å².